The van der Waals surface area contributed by atoms with Crippen LogP contribution in [0.2, 0.25) is 5.02 Å². The van der Waals surface area contributed by atoms with Gasteiger partial charge >= 0.3 is 0 Å². The van der Waals surface area contributed by atoms with E-state index in [2.05, 4.69) is 15.3 Å². The zero-order valence-electron chi connectivity index (χ0n) is 18.8. The molecule has 2 aromatic carbocycles. The second-order valence-corrected chi connectivity index (χ2v) is 8.60. The predicted molar refractivity (Wildman–Crippen MR) is 129 cm³/mol. The Hall–Kier alpha value is -3.32. The Morgan fingerprint density at radius 3 is 2.82 bits per heavy atom. The third kappa shape index (κ3) is 5.20. The topological polar surface area (TPSA) is 76.5 Å². The van der Waals surface area contributed by atoms with Gasteiger partial charge in [0.15, 0.2) is 0 Å². The highest BCUT2D eigenvalue weighted by molar-refractivity contribution is 6.31. The molecule has 1 amide bonds. The molecular weight excluding hydrogens is 440 g/mol. The highest BCUT2D eigenvalue weighted by Crippen LogP contribution is 2.23. The summed E-state index contributed by atoms with van der Waals surface area (Å²) in [6, 6.07) is 16.3. The lowest BCUT2D eigenvalue weighted by Gasteiger charge is -2.33. The number of aromatic nitrogens is 2. The Morgan fingerprint density at radius 2 is 2.03 bits per heavy atom. The van der Waals surface area contributed by atoms with E-state index < -0.39 is 0 Å². The van der Waals surface area contributed by atoms with Crippen molar-refractivity contribution in [3.05, 3.63) is 81.1 Å². The molecule has 0 aliphatic carbocycles. The molecule has 1 aliphatic heterocycles. The highest BCUT2D eigenvalue weighted by atomic mass is 35.5. The van der Waals surface area contributed by atoms with Crippen molar-refractivity contribution in [1.29, 1.82) is 0 Å². The van der Waals surface area contributed by atoms with Gasteiger partial charge in [-0.25, -0.2) is 0 Å². The van der Waals surface area contributed by atoms with E-state index in [1.807, 2.05) is 43.3 Å². The Balaban J connectivity index is 1.47. The zero-order valence-corrected chi connectivity index (χ0v) is 19.5. The van der Waals surface area contributed by atoms with Gasteiger partial charge in [0.2, 0.25) is 5.91 Å². The summed E-state index contributed by atoms with van der Waals surface area (Å²) in [5, 5.41) is 8.19. The predicted octanol–water partition coefficient (Wildman–Crippen LogP) is 3.74. The van der Waals surface area contributed by atoms with Crippen LogP contribution in [-0.4, -0.2) is 35.9 Å². The average Bonchev–Trinajstić information content (AvgIpc) is 2.85. The fourth-order valence-corrected chi connectivity index (χ4v) is 4.22. The number of nitrogens with zero attached hydrogens (tertiary/aromatic N) is 3. The van der Waals surface area contributed by atoms with Crippen molar-refractivity contribution < 1.29 is 9.53 Å². The van der Waals surface area contributed by atoms with Gasteiger partial charge in [-0.3, -0.25) is 9.59 Å². The van der Waals surface area contributed by atoms with Crippen molar-refractivity contribution >= 4 is 23.3 Å². The van der Waals surface area contributed by atoms with Crippen LogP contribution >= 0.6 is 11.6 Å². The smallest absolute Gasteiger partial charge is 0.271 e. The molecule has 1 aromatic heterocycles. The van der Waals surface area contributed by atoms with E-state index in [1.54, 1.807) is 19.2 Å². The molecule has 1 atom stereocenters. The minimum absolute atomic E-state index is 0.00393. The van der Waals surface area contributed by atoms with Gasteiger partial charge in [0.25, 0.3) is 5.56 Å². The van der Waals surface area contributed by atoms with E-state index in [4.69, 9.17) is 16.3 Å². The second kappa shape index (κ2) is 10.1. The molecule has 1 aliphatic rings. The summed E-state index contributed by atoms with van der Waals surface area (Å²) in [6.45, 7) is 3.63. The van der Waals surface area contributed by atoms with Crippen molar-refractivity contribution in [3.63, 3.8) is 0 Å². The fourth-order valence-electron chi connectivity index (χ4n) is 4.04. The van der Waals surface area contributed by atoms with Crippen molar-refractivity contribution in [2.75, 3.05) is 25.1 Å². The van der Waals surface area contributed by atoms with Crippen molar-refractivity contribution in [2.45, 2.75) is 26.3 Å². The van der Waals surface area contributed by atoms with Gasteiger partial charge in [-0.2, -0.15) is 4.68 Å². The molecule has 1 fully saturated rings. The largest absolute Gasteiger partial charge is 0.496 e. The maximum absolute atomic E-state index is 12.9. The van der Waals surface area contributed by atoms with Gasteiger partial charge in [0.05, 0.1) is 18.7 Å². The minimum atomic E-state index is -0.234. The van der Waals surface area contributed by atoms with Gasteiger partial charge in [-0.1, -0.05) is 35.9 Å². The number of benzene rings is 2. The second-order valence-electron chi connectivity index (χ2n) is 8.19. The Morgan fingerprint density at radius 1 is 1.21 bits per heavy atom. The van der Waals surface area contributed by atoms with E-state index in [0.29, 0.717) is 29.6 Å². The molecule has 4 rings (SSSR count). The first-order valence-electron chi connectivity index (χ1n) is 11.0. The van der Waals surface area contributed by atoms with Gasteiger partial charge in [0.1, 0.15) is 11.6 Å². The van der Waals surface area contributed by atoms with Crippen LogP contribution in [0.4, 0.5) is 5.82 Å². The van der Waals surface area contributed by atoms with Crippen LogP contribution in [0.25, 0.3) is 5.69 Å². The summed E-state index contributed by atoms with van der Waals surface area (Å²) in [5.74, 6) is 1.26. The van der Waals surface area contributed by atoms with E-state index in [-0.39, 0.29) is 17.4 Å². The lowest BCUT2D eigenvalue weighted by molar-refractivity contribution is -0.125. The van der Waals surface area contributed by atoms with Crippen molar-refractivity contribution in [2.24, 2.45) is 5.92 Å². The van der Waals surface area contributed by atoms with Gasteiger partial charge in [-0.15, -0.1) is 5.10 Å². The molecule has 172 valence electrons. The number of rotatable bonds is 6. The summed E-state index contributed by atoms with van der Waals surface area (Å²) in [7, 11) is 1.62. The molecule has 7 nitrogen and oxygen atoms in total. The SMILES string of the molecule is COc1ccccc1CNC(=O)[C@H]1CCCN(c2ccc(=O)n(-c3ccc(C)c(Cl)c3)n2)C1. The molecule has 1 saturated heterocycles. The molecular formula is C25H27ClN4O3. The highest BCUT2D eigenvalue weighted by Gasteiger charge is 2.27. The number of aryl methyl sites for hydroxylation is 1. The number of para-hydroxylation sites is 1. The number of hydrogen-bond acceptors (Lipinski definition) is 5. The number of carbonyl (C=O) groups is 1. The number of methoxy groups -OCH3 is 1. The van der Waals surface area contributed by atoms with Crippen LogP contribution < -0.4 is 20.5 Å². The summed E-state index contributed by atoms with van der Waals surface area (Å²) < 4.78 is 6.72. The lowest BCUT2D eigenvalue weighted by Crippen LogP contribution is -2.43. The number of carbonyl (C=O) groups excluding carboxylic acids is 1. The maximum atomic E-state index is 12.9. The third-order valence-corrected chi connectivity index (χ3v) is 6.36. The first-order chi connectivity index (χ1) is 16.0. The van der Waals surface area contributed by atoms with Crippen molar-refractivity contribution in [1.82, 2.24) is 15.1 Å². The summed E-state index contributed by atoms with van der Waals surface area (Å²) in [4.78, 5) is 27.4. The van der Waals surface area contributed by atoms with Gasteiger partial charge < -0.3 is 15.0 Å². The summed E-state index contributed by atoms with van der Waals surface area (Å²) in [6.07, 6.45) is 1.67. The number of amides is 1. The number of anilines is 1. The average molecular weight is 467 g/mol. The monoisotopic (exact) mass is 466 g/mol. The number of hydrogen-bond donors (Lipinski definition) is 1. The van der Waals surface area contributed by atoms with E-state index in [0.717, 1.165) is 36.3 Å². The first kappa shape index (κ1) is 22.9. The zero-order chi connectivity index (χ0) is 23.4. The number of ether oxygens (including phenoxy) is 1. The lowest BCUT2D eigenvalue weighted by atomic mass is 9.97. The van der Waals surface area contributed by atoms with E-state index in [1.165, 1.54) is 10.7 Å². The van der Waals surface area contributed by atoms with Crippen LogP contribution in [0, 0.1) is 12.8 Å². The normalized spacial score (nSPS) is 15.8. The van der Waals surface area contributed by atoms with E-state index >= 15 is 0 Å². The molecule has 8 heteroatoms. The van der Waals surface area contributed by atoms with Crippen LogP contribution in [0.1, 0.15) is 24.0 Å². The molecule has 0 saturated carbocycles. The van der Waals surface area contributed by atoms with Crippen LogP contribution in [0.3, 0.4) is 0 Å². The quantitative estimate of drug-likeness (QED) is 0.599. The molecule has 0 bridgehead atoms. The molecule has 33 heavy (non-hydrogen) atoms. The molecule has 3 aromatic rings. The van der Waals surface area contributed by atoms with Gasteiger partial charge in [-0.05, 0) is 49.6 Å². The van der Waals surface area contributed by atoms with Crippen LogP contribution in [0.5, 0.6) is 5.75 Å². The van der Waals surface area contributed by atoms with Crippen LogP contribution in [0.15, 0.2) is 59.4 Å². The Labute approximate surface area is 197 Å². The summed E-state index contributed by atoms with van der Waals surface area (Å²) >= 11 is 6.25. The number of halogens is 1. The summed E-state index contributed by atoms with van der Waals surface area (Å²) in [5.41, 5.74) is 2.25. The van der Waals surface area contributed by atoms with E-state index in [9.17, 15) is 9.59 Å². The molecule has 0 radical (unpaired) electrons. The maximum Gasteiger partial charge on any atom is 0.271 e. The fraction of sp³-hybridized carbons (Fsp3) is 0.320. The van der Waals surface area contributed by atoms with Gasteiger partial charge in [0, 0.05) is 36.3 Å². The van der Waals surface area contributed by atoms with Crippen molar-refractivity contribution in [3.8, 4) is 11.4 Å². The standard InChI is InChI=1S/C25H27ClN4O3/c1-17-9-10-20(14-21(17)26)30-24(31)12-11-23(28-30)29-13-5-7-19(16-29)25(32)27-15-18-6-3-4-8-22(18)33-2/h3-4,6,8-12,14,19H,5,7,13,15-16H2,1-2H3,(H,27,32)/t19-/m0/s1. The Bertz CT molecular complexity index is 1210. The Kier molecular flexibility index (Phi) is 6.99. The third-order valence-electron chi connectivity index (χ3n) is 5.95. The molecule has 0 unspecified atom stereocenters. The van der Waals surface area contributed by atoms with Crippen LogP contribution in [-0.2, 0) is 11.3 Å². The molecule has 2 heterocycles. The number of nitrogens with one attached hydrogen (secondary N) is 1. The minimum Gasteiger partial charge on any atom is -0.496 e. The first-order valence-corrected chi connectivity index (χ1v) is 11.4. The molecule has 0 spiro atoms. The number of piperidine rings is 1. The molecule has 1 N–H and O–H groups in total.